The number of hydrogen-bond acceptors (Lipinski definition) is 2. The van der Waals surface area contributed by atoms with Crippen molar-refractivity contribution in [2.75, 3.05) is 0 Å². The van der Waals surface area contributed by atoms with Crippen molar-refractivity contribution in [1.29, 1.82) is 0 Å². The number of rotatable bonds is 2. The first kappa shape index (κ1) is 11.4. The monoisotopic (exact) mass is 202 g/mol. The van der Waals surface area contributed by atoms with E-state index in [1.807, 2.05) is 24.3 Å². The second-order valence-electron chi connectivity index (χ2n) is 2.27. The Hall–Kier alpha value is -0.640. The first-order chi connectivity index (χ1) is 5.24. The van der Waals surface area contributed by atoms with Gasteiger partial charge in [-0.15, -0.1) is 12.4 Å². The smallest absolute Gasteiger partial charge is 0.103 e. The van der Waals surface area contributed by atoms with E-state index >= 15 is 0 Å². The van der Waals surface area contributed by atoms with Gasteiger partial charge in [-0.25, -0.2) is 0 Å². The van der Waals surface area contributed by atoms with E-state index in [9.17, 15) is 0 Å². The average molecular weight is 203 g/mol. The number of nitrogens with two attached hydrogens (primary N) is 2. The Labute approximate surface area is 83.4 Å². The maximum absolute atomic E-state index is 5.41. The van der Waals surface area contributed by atoms with Crippen LogP contribution in [0.3, 0.4) is 0 Å². The van der Waals surface area contributed by atoms with Crippen LogP contribution in [0.5, 0.6) is 0 Å². The Balaban J connectivity index is 0.00000121. The first-order valence-corrected chi connectivity index (χ1v) is 3.73. The fraction of sp³-hybridized carbons (Fsp3) is 0.125. The second kappa shape index (κ2) is 5.09. The minimum absolute atomic E-state index is 0. The lowest BCUT2D eigenvalue weighted by Gasteiger charge is -1.98. The van der Waals surface area contributed by atoms with Crippen LogP contribution in [0.25, 0.3) is 0 Å². The molecule has 0 fully saturated rings. The molecule has 2 nitrogen and oxygen atoms in total. The molecule has 0 saturated heterocycles. The summed E-state index contributed by atoms with van der Waals surface area (Å²) in [6.07, 6.45) is 0. The maximum atomic E-state index is 5.41. The number of benzene rings is 1. The maximum Gasteiger partial charge on any atom is 0.103 e. The molecule has 0 bridgehead atoms. The third-order valence-electron chi connectivity index (χ3n) is 1.47. The predicted octanol–water partition coefficient (Wildman–Crippen LogP) is 1.20. The van der Waals surface area contributed by atoms with Gasteiger partial charge in [-0.05, 0) is 5.56 Å². The summed E-state index contributed by atoms with van der Waals surface area (Å²) in [4.78, 5) is 0.425. The minimum atomic E-state index is 0. The van der Waals surface area contributed by atoms with Gasteiger partial charge in [0, 0.05) is 12.1 Å². The van der Waals surface area contributed by atoms with Crippen molar-refractivity contribution >= 4 is 29.6 Å². The fourth-order valence-electron chi connectivity index (χ4n) is 0.805. The van der Waals surface area contributed by atoms with Gasteiger partial charge in [-0.3, -0.25) is 0 Å². The van der Waals surface area contributed by atoms with Gasteiger partial charge in [0.2, 0.25) is 0 Å². The lowest BCUT2D eigenvalue weighted by molar-refractivity contribution is 1.07. The Morgan fingerprint density at radius 1 is 1.25 bits per heavy atom. The van der Waals surface area contributed by atoms with E-state index in [2.05, 4.69) is 0 Å². The largest absolute Gasteiger partial charge is 0.389 e. The van der Waals surface area contributed by atoms with Crippen LogP contribution < -0.4 is 11.5 Å². The van der Waals surface area contributed by atoms with Gasteiger partial charge in [0.15, 0.2) is 0 Å². The molecule has 0 amide bonds. The molecule has 4 heteroatoms. The van der Waals surface area contributed by atoms with Crippen molar-refractivity contribution in [1.82, 2.24) is 0 Å². The van der Waals surface area contributed by atoms with Crippen molar-refractivity contribution in [3.63, 3.8) is 0 Å². The third-order valence-corrected chi connectivity index (χ3v) is 1.71. The zero-order chi connectivity index (χ0) is 8.27. The van der Waals surface area contributed by atoms with E-state index in [1.165, 1.54) is 0 Å². The quantitative estimate of drug-likeness (QED) is 0.709. The highest BCUT2D eigenvalue weighted by molar-refractivity contribution is 7.80. The molecular weight excluding hydrogens is 192 g/mol. The third kappa shape index (κ3) is 2.77. The van der Waals surface area contributed by atoms with Crippen molar-refractivity contribution < 1.29 is 0 Å². The van der Waals surface area contributed by atoms with Crippen LogP contribution in [0, 0.1) is 0 Å². The molecule has 0 aliphatic carbocycles. The van der Waals surface area contributed by atoms with E-state index in [0.29, 0.717) is 11.5 Å². The highest BCUT2D eigenvalue weighted by Crippen LogP contribution is 2.02. The van der Waals surface area contributed by atoms with Crippen LogP contribution in [-0.4, -0.2) is 4.99 Å². The highest BCUT2D eigenvalue weighted by atomic mass is 35.5. The Morgan fingerprint density at radius 3 is 2.08 bits per heavy atom. The summed E-state index contributed by atoms with van der Waals surface area (Å²) in [6.45, 7) is 0.553. The molecule has 0 heterocycles. The number of hydrogen-bond donors (Lipinski definition) is 2. The molecule has 12 heavy (non-hydrogen) atoms. The molecule has 0 unspecified atom stereocenters. The van der Waals surface area contributed by atoms with Crippen LogP contribution in [-0.2, 0) is 6.54 Å². The van der Waals surface area contributed by atoms with E-state index in [-0.39, 0.29) is 12.4 Å². The van der Waals surface area contributed by atoms with Crippen LogP contribution in [0.15, 0.2) is 24.3 Å². The highest BCUT2D eigenvalue weighted by Gasteiger charge is 1.94. The van der Waals surface area contributed by atoms with Gasteiger partial charge in [0.1, 0.15) is 4.99 Å². The van der Waals surface area contributed by atoms with E-state index in [4.69, 9.17) is 23.7 Å². The van der Waals surface area contributed by atoms with E-state index in [0.717, 1.165) is 11.1 Å². The molecule has 0 atom stereocenters. The van der Waals surface area contributed by atoms with Gasteiger partial charge in [0.25, 0.3) is 0 Å². The van der Waals surface area contributed by atoms with E-state index < -0.39 is 0 Å². The molecule has 0 saturated carbocycles. The molecule has 0 spiro atoms. The summed E-state index contributed by atoms with van der Waals surface area (Å²) >= 11 is 4.79. The van der Waals surface area contributed by atoms with Crippen molar-refractivity contribution in [3.05, 3.63) is 35.4 Å². The molecular formula is C8H11ClN2S. The van der Waals surface area contributed by atoms with Crippen LogP contribution >= 0.6 is 24.6 Å². The molecule has 0 aliphatic heterocycles. The molecule has 0 aliphatic rings. The molecule has 0 radical (unpaired) electrons. The molecule has 66 valence electrons. The zero-order valence-corrected chi connectivity index (χ0v) is 8.12. The van der Waals surface area contributed by atoms with Gasteiger partial charge in [0.05, 0.1) is 0 Å². The average Bonchev–Trinajstić information content (AvgIpc) is 2.05. The standard InChI is InChI=1S/C8H10N2S.ClH/c9-5-6-1-3-7(4-2-6)8(10)11;/h1-4H,5,9H2,(H2,10,11);1H. The van der Waals surface area contributed by atoms with Gasteiger partial charge in [-0.2, -0.15) is 0 Å². The second-order valence-corrected chi connectivity index (χ2v) is 2.71. The summed E-state index contributed by atoms with van der Waals surface area (Å²) in [7, 11) is 0. The van der Waals surface area contributed by atoms with Gasteiger partial charge in [-0.1, -0.05) is 36.5 Å². The summed E-state index contributed by atoms with van der Waals surface area (Å²) in [5.74, 6) is 0. The molecule has 1 aromatic carbocycles. The number of thiocarbonyl (C=S) groups is 1. The molecule has 4 N–H and O–H groups in total. The van der Waals surface area contributed by atoms with Crippen molar-refractivity contribution in [2.24, 2.45) is 11.5 Å². The summed E-state index contributed by atoms with van der Waals surface area (Å²) in [6, 6.07) is 7.61. The zero-order valence-electron chi connectivity index (χ0n) is 6.49. The molecule has 1 aromatic rings. The van der Waals surface area contributed by atoms with E-state index in [1.54, 1.807) is 0 Å². The van der Waals surface area contributed by atoms with Crippen molar-refractivity contribution in [3.8, 4) is 0 Å². The van der Waals surface area contributed by atoms with Crippen molar-refractivity contribution in [2.45, 2.75) is 6.54 Å². The van der Waals surface area contributed by atoms with Gasteiger partial charge < -0.3 is 11.5 Å². The fourth-order valence-corrected chi connectivity index (χ4v) is 0.941. The lowest BCUT2D eigenvalue weighted by atomic mass is 10.1. The summed E-state index contributed by atoms with van der Waals surface area (Å²) in [5.41, 5.74) is 12.8. The minimum Gasteiger partial charge on any atom is -0.389 e. The molecule has 1 rings (SSSR count). The van der Waals surface area contributed by atoms with Crippen LogP contribution in [0.1, 0.15) is 11.1 Å². The predicted molar refractivity (Wildman–Crippen MR) is 57.5 cm³/mol. The van der Waals surface area contributed by atoms with Crippen LogP contribution in [0.4, 0.5) is 0 Å². The lowest BCUT2D eigenvalue weighted by Crippen LogP contribution is -2.09. The topological polar surface area (TPSA) is 52.0 Å². The number of halogens is 1. The SMILES string of the molecule is Cl.NCc1ccc(C(N)=S)cc1. The Bertz CT molecular complexity index is 258. The summed E-state index contributed by atoms with van der Waals surface area (Å²) < 4.78 is 0. The first-order valence-electron chi connectivity index (χ1n) is 3.33. The summed E-state index contributed by atoms with van der Waals surface area (Å²) in [5, 5.41) is 0. The molecule has 0 aromatic heterocycles. The Kier molecular flexibility index (Phi) is 4.81. The normalized spacial score (nSPS) is 8.75. The van der Waals surface area contributed by atoms with Crippen LogP contribution in [0.2, 0.25) is 0 Å². The van der Waals surface area contributed by atoms with Gasteiger partial charge >= 0.3 is 0 Å². The Morgan fingerprint density at radius 2 is 1.75 bits per heavy atom.